The van der Waals surface area contributed by atoms with E-state index in [0.717, 1.165) is 0 Å². The van der Waals surface area contributed by atoms with E-state index in [1.807, 2.05) is 11.4 Å². The fourth-order valence-electron chi connectivity index (χ4n) is 2.10. The molecule has 0 radical (unpaired) electrons. The number of nitrogens with one attached hydrogen (secondary N) is 3. The summed E-state index contributed by atoms with van der Waals surface area (Å²) in [5, 5.41) is 9.76. The minimum atomic E-state index is -0.388. The predicted molar refractivity (Wildman–Crippen MR) is 98.4 cm³/mol. The SMILES string of the molecule is O=C(CNC(=O)c1ccoc1)Nc1ccc(NC(=O)c2cccs2)cc1. The normalized spacial score (nSPS) is 10.2. The van der Waals surface area contributed by atoms with Crippen LogP contribution in [0.2, 0.25) is 0 Å². The van der Waals surface area contributed by atoms with Gasteiger partial charge in [-0.2, -0.15) is 0 Å². The van der Waals surface area contributed by atoms with E-state index in [0.29, 0.717) is 21.8 Å². The molecule has 0 unspecified atom stereocenters. The van der Waals surface area contributed by atoms with Crippen LogP contribution in [0.25, 0.3) is 0 Å². The van der Waals surface area contributed by atoms with Crippen molar-refractivity contribution >= 4 is 40.4 Å². The fraction of sp³-hybridized carbons (Fsp3) is 0.0556. The molecule has 0 saturated carbocycles. The maximum Gasteiger partial charge on any atom is 0.265 e. The van der Waals surface area contributed by atoms with Crippen molar-refractivity contribution < 1.29 is 18.8 Å². The van der Waals surface area contributed by atoms with Crippen molar-refractivity contribution in [2.45, 2.75) is 0 Å². The average molecular weight is 369 g/mol. The summed E-state index contributed by atoms with van der Waals surface area (Å²) in [6.45, 7) is -0.166. The summed E-state index contributed by atoms with van der Waals surface area (Å²) in [4.78, 5) is 36.2. The van der Waals surface area contributed by atoms with Crippen LogP contribution >= 0.6 is 11.3 Å². The molecule has 0 bridgehead atoms. The van der Waals surface area contributed by atoms with Gasteiger partial charge in [0.15, 0.2) is 0 Å². The first kappa shape index (κ1) is 17.4. The molecule has 0 aliphatic heterocycles. The number of amides is 3. The molecule has 3 aromatic rings. The van der Waals surface area contributed by atoms with Gasteiger partial charge in [-0.1, -0.05) is 6.07 Å². The molecule has 0 fully saturated rings. The largest absolute Gasteiger partial charge is 0.472 e. The molecular formula is C18H15N3O4S. The van der Waals surface area contributed by atoms with E-state index in [-0.39, 0.29) is 24.3 Å². The summed E-state index contributed by atoms with van der Waals surface area (Å²) in [7, 11) is 0. The zero-order chi connectivity index (χ0) is 18.4. The lowest BCUT2D eigenvalue weighted by Gasteiger charge is -2.08. The van der Waals surface area contributed by atoms with Crippen LogP contribution in [0.3, 0.4) is 0 Å². The molecule has 0 aliphatic carbocycles. The average Bonchev–Trinajstić information content (AvgIpc) is 3.35. The van der Waals surface area contributed by atoms with Crippen LogP contribution in [0, 0.1) is 0 Å². The molecule has 0 aliphatic rings. The zero-order valence-electron chi connectivity index (χ0n) is 13.5. The Kier molecular flexibility index (Phi) is 5.45. The van der Waals surface area contributed by atoms with Crippen LogP contribution in [-0.4, -0.2) is 24.3 Å². The Bertz CT molecular complexity index is 887. The highest BCUT2D eigenvalue weighted by Crippen LogP contribution is 2.16. The molecule has 0 spiro atoms. The molecule has 1 aromatic carbocycles. The minimum absolute atomic E-state index is 0.166. The standard InChI is InChI=1S/C18H15N3O4S/c22-16(10-19-17(23)12-7-8-25-11-12)20-13-3-5-14(6-4-13)21-18(24)15-2-1-9-26-15/h1-9,11H,10H2,(H,19,23)(H,20,22)(H,21,24). The number of carbonyl (C=O) groups is 3. The lowest BCUT2D eigenvalue weighted by atomic mass is 10.2. The Morgan fingerprint density at radius 2 is 1.65 bits per heavy atom. The summed E-state index contributed by atoms with van der Waals surface area (Å²) < 4.78 is 4.81. The third kappa shape index (κ3) is 4.58. The number of thiophene rings is 1. The molecule has 7 nitrogen and oxygen atoms in total. The van der Waals surface area contributed by atoms with Gasteiger partial charge in [-0.05, 0) is 41.8 Å². The van der Waals surface area contributed by atoms with Crippen molar-refractivity contribution in [2.24, 2.45) is 0 Å². The lowest BCUT2D eigenvalue weighted by Crippen LogP contribution is -2.32. The van der Waals surface area contributed by atoms with Gasteiger partial charge in [-0.15, -0.1) is 11.3 Å². The first-order valence-corrected chi connectivity index (χ1v) is 8.55. The second-order valence-electron chi connectivity index (χ2n) is 5.25. The molecule has 0 atom stereocenters. The Labute approximate surface area is 153 Å². The Morgan fingerprint density at radius 1 is 0.923 bits per heavy atom. The van der Waals surface area contributed by atoms with Gasteiger partial charge in [-0.3, -0.25) is 14.4 Å². The second kappa shape index (κ2) is 8.13. The highest BCUT2D eigenvalue weighted by Gasteiger charge is 2.10. The molecule has 8 heteroatoms. The van der Waals surface area contributed by atoms with Gasteiger partial charge in [0.2, 0.25) is 5.91 Å². The first-order chi connectivity index (χ1) is 12.6. The van der Waals surface area contributed by atoms with E-state index >= 15 is 0 Å². The van der Waals surface area contributed by atoms with Crippen LogP contribution < -0.4 is 16.0 Å². The Morgan fingerprint density at radius 3 is 2.27 bits per heavy atom. The van der Waals surface area contributed by atoms with Crippen LogP contribution in [0.15, 0.2) is 64.8 Å². The van der Waals surface area contributed by atoms with E-state index in [2.05, 4.69) is 16.0 Å². The highest BCUT2D eigenvalue weighted by molar-refractivity contribution is 7.12. The quantitative estimate of drug-likeness (QED) is 0.622. The summed E-state index contributed by atoms with van der Waals surface area (Å²) in [6, 6.07) is 11.8. The van der Waals surface area contributed by atoms with Gasteiger partial charge in [0.05, 0.1) is 23.2 Å². The molecule has 26 heavy (non-hydrogen) atoms. The number of rotatable bonds is 6. The number of hydrogen-bond donors (Lipinski definition) is 3. The minimum Gasteiger partial charge on any atom is -0.472 e. The van der Waals surface area contributed by atoms with Gasteiger partial charge in [-0.25, -0.2) is 0 Å². The fourth-order valence-corrected chi connectivity index (χ4v) is 2.72. The Hall–Kier alpha value is -3.39. The third-order valence-corrected chi connectivity index (χ3v) is 4.23. The maximum absolute atomic E-state index is 12.0. The maximum atomic E-state index is 12.0. The van der Waals surface area contributed by atoms with Crippen molar-refractivity contribution in [1.82, 2.24) is 5.32 Å². The van der Waals surface area contributed by atoms with Crippen molar-refractivity contribution in [1.29, 1.82) is 0 Å². The van der Waals surface area contributed by atoms with E-state index in [9.17, 15) is 14.4 Å². The topological polar surface area (TPSA) is 100 Å². The van der Waals surface area contributed by atoms with Gasteiger partial charge >= 0.3 is 0 Å². The van der Waals surface area contributed by atoms with E-state index in [4.69, 9.17) is 4.42 Å². The van der Waals surface area contributed by atoms with Crippen molar-refractivity contribution in [2.75, 3.05) is 17.2 Å². The predicted octanol–water partition coefficient (Wildman–Crippen LogP) is 2.96. The van der Waals surface area contributed by atoms with Crippen LogP contribution in [0.5, 0.6) is 0 Å². The van der Waals surface area contributed by atoms with E-state index in [1.165, 1.54) is 29.9 Å². The molecule has 3 amide bonds. The molecule has 132 valence electrons. The summed E-state index contributed by atoms with van der Waals surface area (Å²) in [6.07, 6.45) is 2.68. The van der Waals surface area contributed by atoms with Gasteiger partial charge in [0.25, 0.3) is 11.8 Å². The third-order valence-electron chi connectivity index (χ3n) is 3.36. The first-order valence-electron chi connectivity index (χ1n) is 7.67. The van der Waals surface area contributed by atoms with Crippen LogP contribution in [0.4, 0.5) is 11.4 Å². The molecule has 0 saturated heterocycles. The lowest BCUT2D eigenvalue weighted by molar-refractivity contribution is -0.115. The summed E-state index contributed by atoms with van der Waals surface area (Å²) in [5.74, 6) is -0.934. The molecule has 3 N–H and O–H groups in total. The number of carbonyl (C=O) groups excluding carboxylic acids is 3. The number of hydrogen-bond acceptors (Lipinski definition) is 5. The number of anilines is 2. The molecule has 2 heterocycles. The van der Waals surface area contributed by atoms with Crippen LogP contribution in [-0.2, 0) is 4.79 Å². The number of benzene rings is 1. The smallest absolute Gasteiger partial charge is 0.265 e. The van der Waals surface area contributed by atoms with Crippen LogP contribution in [0.1, 0.15) is 20.0 Å². The monoisotopic (exact) mass is 369 g/mol. The van der Waals surface area contributed by atoms with Gasteiger partial charge < -0.3 is 20.4 Å². The molecule has 2 aromatic heterocycles. The number of furan rings is 1. The van der Waals surface area contributed by atoms with E-state index < -0.39 is 0 Å². The second-order valence-corrected chi connectivity index (χ2v) is 6.20. The van der Waals surface area contributed by atoms with Crippen molar-refractivity contribution in [3.8, 4) is 0 Å². The molecular weight excluding hydrogens is 354 g/mol. The zero-order valence-corrected chi connectivity index (χ0v) is 14.3. The van der Waals surface area contributed by atoms with Gasteiger partial charge in [0.1, 0.15) is 6.26 Å². The van der Waals surface area contributed by atoms with E-state index in [1.54, 1.807) is 30.3 Å². The van der Waals surface area contributed by atoms with Crippen molar-refractivity contribution in [3.05, 3.63) is 70.8 Å². The summed E-state index contributed by atoms with van der Waals surface area (Å²) in [5.41, 5.74) is 1.53. The highest BCUT2D eigenvalue weighted by atomic mass is 32.1. The molecule has 3 rings (SSSR count). The summed E-state index contributed by atoms with van der Waals surface area (Å²) >= 11 is 1.36. The van der Waals surface area contributed by atoms with Crippen molar-refractivity contribution in [3.63, 3.8) is 0 Å². The Balaban J connectivity index is 1.48. The van der Waals surface area contributed by atoms with Gasteiger partial charge in [0, 0.05) is 11.4 Å².